The molecule has 0 saturated carbocycles. The number of hydrogen-bond acceptors (Lipinski definition) is 5. The van der Waals surface area contributed by atoms with Crippen molar-refractivity contribution in [1.82, 2.24) is 29.7 Å². The Labute approximate surface area is 165 Å². The molecule has 5 heterocycles. The van der Waals surface area contributed by atoms with Crippen LogP contribution in [0.25, 0.3) is 28.4 Å². The molecular formula is C20H19F2N7. The van der Waals surface area contributed by atoms with Crippen LogP contribution >= 0.6 is 0 Å². The largest absolute Gasteiger partial charge is 0.364 e. The van der Waals surface area contributed by atoms with Gasteiger partial charge in [-0.05, 0) is 31.5 Å². The molecule has 1 atom stereocenters. The molecule has 7 nitrogen and oxygen atoms in total. The zero-order chi connectivity index (χ0) is 19.8. The van der Waals surface area contributed by atoms with Crippen molar-refractivity contribution in [2.24, 2.45) is 0 Å². The number of halogens is 2. The predicted octanol–water partition coefficient (Wildman–Crippen LogP) is 3.23. The summed E-state index contributed by atoms with van der Waals surface area (Å²) < 4.78 is 30.7. The van der Waals surface area contributed by atoms with Crippen LogP contribution in [0.3, 0.4) is 0 Å². The summed E-state index contributed by atoms with van der Waals surface area (Å²) in [7, 11) is 0. The molecule has 4 aromatic heterocycles. The van der Waals surface area contributed by atoms with Gasteiger partial charge in [-0.1, -0.05) is 0 Å². The van der Waals surface area contributed by atoms with Crippen LogP contribution in [0.5, 0.6) is 0 Å². The molecule has 1 fully saturated rings. The van der Waals surface area contributed by atoms with E-state index in [1.807, 2.05) is 12.1 Å². The molecule has 0 aromatic carbocycles. The Morgan fingerprint density at radius 1 is 1.17 bits per heavy atom. The normalized spacial score (nSPS) is 17.0. The van der Waals surface area contributed by atoms with E-state index in [9.17, 15) is 8.78 Å². The lowest BCUT2D eigenvalue weighted by Gasteiger charge is -2.24. The van der Waals surface area contributed by atoms with Crippen molar-refractivity contribution in [3.05, 3.63) is 54.6 Å². The smallest absolute Gasteiger partial charge is 0.168 e. The Bertz CT molecular complexity index is 1150. The molecule has 0 amide bonds. The van der Waals surface area contributed by atoms with Gasteiger partial charge in [-0.2, -0.15) is 0 Å². The molecule has 3 N–H and O–H groups in total. The van der Waals surface area contributed by atoms with Crippen molar-refractivity contribution < 1.29 is 8.78 Å². The second kappa shape index (κ2) is 7.25. The van der Waals surface area contributed by atoms with Crippen LogP contribution in [0.1, 0.15) is 12.8 Å². The second-order valence-electron chi connectivity index (χ2n) is 7.06. The van der Waals surface area contributed by atoms with Gasteiger partial charge in [0, 0.05) is 42.8 Å². The van der Waals surface area contributed by atoms with Crippen LogP contribution in [-0.2, 0) is 0 Å². The van der Waals surface area contributed by atoms with Gasteiger partial charge in [-0.3, -0.25) is 4.40 Å². The molecule has 4 aromatic rings. The standard InChI is InChI=1S/C20H19F2N7/c21-14-9-15(22)20(27-13-2-1-4-23-10-13)28-18(14)16-11-26-17-8-12(3-7-29(16)17)19-24-5-6-25-19/h3,5-9,11,13,23H,1-2,4,10H2,(H,24,25)(H,27,28)/t13-/m1/s1. The zero-order valence-electron chi connectivity index (χ0n) is 15.5. The molecule has 1 aliphatic heterocycles. The zero-order valence-corrected chi connectivity index (χ0v) is 15.5. The first-order chi connectivity index (χ1) is 14.2. The summed E-state index contributed by atoms with van der Waals surface area (Å²) in [5.41, 5.74) is 1.98. The van der Waals surface area contributed by atoms with E-state index in [0.29, 0.717) is 11.3 Å². The van der Waals surface area contributed by atoms with Crippen LogP contribution in [-0.4, -0.2) is 43.5 Å². The Hall–Kier alpha value is -3.33. The van der Waals surface area contributed by atoms with E-state index >= 15 is 0 Å². The Kier molecular flexibility index (Phi) is 4.44. The summed E-state index contributed by atoms with van der Waals surface area (Å²) in [6.07, 6.45) is 8.63. The summed E-state index contributed by atoms with van der Waals surface area (Å²) in [5.74, 6) is -0.662. The summed E-state index contributed by atoms with van der Waals surface area (Å²) in [6, 6.07) is 4.63. The van der Waals surface area contributed by atoms with E-state index < -0.39 is 11.6 Å². The molecule has 29 heavy (non-hydrogen) atoms. The predicted molar refractivity (Wildman–Crippen MR) is 105 cm³/mol. The van der Waals surface area contributed by atoms with E-state index in [0.717, 1.165) is 43.4 Å². The average Bonchev–Trinajstić information content (AvgIpc) is 3.40. The maximum atomic E-state index is 14.6. The average molecular weight is 395 g/mol. The Balaban J connectivity index is 1.52. The van der Waals surface area contributed by atoms with Crippen LogP contribution < -0.4 is 10.6 Å². The van der Waals surface area contributed by atoms with Gasteiger partial charge in [0.05, 0.1) is 11.9 Å². The molecule has 9 heteroatoms. The van der Waals surface area contributed by atoms with Crippen molar-refractivity contribution in [1.29, 1.82) is 0 Å². The van der Waals surface area contributed by atoms with Gasteiger partial charge in [-0.25, -0.2) is 23.7 Å². The maximum Gasteiger partial charge on any atom is 0.168 e. The van der Waals surface area contributed by atoms with Gasteiger partial charge in [0.2, 0.25) is 0 Å². The molecule has 1 aliphatic rings. The van der Waals surface area contributed by atoms with E-state index in [-0.39, 0.29) is 17.6 Å². The number of fused-ring (bicyclic) bond motifs is 1. The van der Waals surface area contributed by atoms with Gasteiger partial charge >= 0.3 is 0 Å². The van der Waals surface area contributed by atoms with Crippen LogP contribution in [0.4, 0.5) is 14.6 Å². The van der Waals surface area contributed by atoms with Gasteiger partial charge < -0.3 is 15.6 Å². The molecule has 0 aliphatic carbocycles. The Morgan fingerprint density at radius 2 is 2.10 bits per heavy atom. The van der Waals surface area contributed by atoms with E-state index in [1.54, 1.807) is 23.0 Å². The molecule has 148 valence electrons. The molecule has 0 bridgehead atoms. The number of anilines is 1. The fourth-order valence-electron chi connectivity index (χ4n) is 3.64. The SMILES string of the molecule is Fc1cc(F)c(-c2cnc3cc(-c4ncc[nH]4)ccn23)nc1N[C@@H]1CCCNC1. The van der Waals surface area contributed by atoms with Gasteiger partial charge in [-0.15, -0.1) is 0 Å². The minimum Gasteiger partial charge on any atom is -0.364 e. The molecule has 1 saturated heterocycles. The number of H-pyrrole nitrogens is 1. The van der Waals surface area contributed by atoms with Crippen molar-refractivity contribution in [3.8, 4) is 22.8 Å². The summed E-state index contributed by atoms with van der Waals surface area (Å²) in [6.45, 7) is 1.67. The summed E-state index contributed by atoms with van der Waals surface area (Å²) >= 11 is 0. The van der Waals surface area contributed by atoms with Crippen LogP contribution in [0.2, 0.25) is 0 Å². The minimum atomic E-state index is -0.730. The fraction of sp³-hybridized carbons (Fsp3) is 0.250. The van der Waals surface area contributed by atoms with E-state index in [2.05, 4.69) is 30.6 Å². The monoisotopic (exact) mass is 395 g/mol. The lowest BCUT2D eigenvalue weighted by atomic mass is 10.1. The number of aromatic nitrogens is 5. The van der Waals surface area contributed by atoms with E-state index in [1.165, 1.54) is 6.20 Å². The number of nitrogens with zero attached hydrogens (tertiary/aromatic N) is 4. The third-order valence-corrected chi connectivity index (χ3v) is 5.09. The summed E-state index contributed by atoms with van der Waals surface area (Å²) in [5, 5.41) is 6.36. The lowest BCUT2D eigenvalue weighted by Crippen LogP contribution is -2.38. The molecule has 0 unspecified atom stereocenters. The third kappa shape index (κ3) is 3.33. The molecule has 5 rings (SSSR count). The van der Waals surface area contributed by atoms with E-state index in [4.69, 9.17) is 0 Å². The van der Waals surface area contributed by atoms with Crippen molar-refractivity contribution in [2.45, 2.75) is 18.9 Å². The highest BCUT2D eigenvalue weighted by molar-refractivity contribution is 5.67. The highest BCUT2D eigenvalue weighted by Gasteiger charge is 2.20. The quantitative estimate of drug-likeness (QED) is 0.494. The first kappa shape index (κ1) is 17.7. The molecule has 0 radical (unpaired) electrons. The molecule has 0 spiro atoms. The van der Waals surface area contributed by atoms with Crippen molar-refractivity contribution >= 4 is 11.5 Å². The number of hydrogen-bond donors (Lipinski definition) is 3. The highest BCUT2D eigenvalue weighted by Crippen LogP contribution is 2.27. The number of rotatable bonds is 4. The van der Waals surface area contributed by atoms with Crippen LogP contribution in [0.15, 0.2) is 43.0 Å². The lowest BCUT2D eigenvalue weighted by molar-refractivity contribution is 0.475. The fourth-order valence-corrected chi connectivity index (χ4v) is 3.64. The Morgan fingerprint density at radius 3 is 2.90 bits per heavy atom. The first-order valence-corrected chi connectivity index (χ1v) is 9.49. The maximum absolute atomic E-state index is 14.6. The second-order valence-corrected chi connectivity index (χ2v) is 7.06. The molecular weight excluding hydrogens is 376 g/mol. The highest BCUT2D eigenvalue weighted by atomic mass is 19.1. The first-order valence-electron chi connectivity index (χ1n) is 9.49. The summed E-state index contributed by atoms with van der Waals surface area (Å²) in [4.78, 5) is 15.9. The number of nitrogens with one attached hydrogen (secondary N) is 3. The van der Waals surface area contributed by atoms with Gasteiger partial charge in [0.15, 0.2) is 17.5 Å². The van der Waals surface area contributed by atoms with Crippen molar-refractivity contribution in [2.75, 3.05) is 18.4 Å². The number of imidazole rings is 2. The topological polar surface area (TPSA) is 82.9 Å². The van der Waals surface area contributed by atoms with Gasteiger partial charge in [0.25, 0.3) is 0 Å². The number of aromatic amines is 1. The number of pyridine rings is 2. The minimum absolute atomic E-state index is 0.0518. The van der Waals surface area contributed by atoms with Crippen molar-refractivity contribution in [3.63, 3.8) is 0 Å². The van der Waals surface area contributed by atoms with Crippen LogP contribution in [0, 0.1) is 11.6 Å². The van der Waals surface area contributed by atoms with Gasteiger partial charge in [0.1, 0.15) is 17.2 Å². The third-order valence-electron chi connectivity index (χ3n) is 5.09. The number of piperidine rings is 1.